The van der Waals surface area contributed by atoms with E-state index in [1.807, 2.05) is 11.6 Å². The zero-order valence-corrected chi connectivity index (χ0v) is 11.7. The van der Waals surface area contributed by atoms with Gasteiger partial charge in [-0.15, -0.1) is 0 Å². The van der Waals surface area contributed by atoms with Gasteiger partial charge in [-0.1, -0.05) is 29.4 Å². The Morgan fingerprint density at radius 3 is 2.95 bits per heavy atom. The van der Waals surface area contributed by atoms with Gasteiger partial charge in [0, 0.05) is 13.6 Å². The Bertz CT molecular complexity index is 776. The number of fused-ring (bicyclic) bond motifs is 1. The van der Waals surface area contributed by atoms with E-state index in [2.05, 4.69) is 44.7 Å². The van der Waals surface area contributed by atoms with Crippen molar-refractivity contribution in [2.75, 3.05) is 0 Å². The van der Waals surface area contributed by atoms with Crippen LogP contribution in [0.1, 0.15) is 23.1 Å². The summed E-state index contributed by atoms with van der Waals surface area (Å²) >= 11 is 0. The van der Waals surface area contributed by atoms with Crippen LogP contribution in [0.15, 0.2) is 41.3 Å². The fourth-order valence-corrected chi connectivity index (χ4v) is 2.68. The molecule has 0 aliphatic carbocycles. The van der Waals surface area contributed by atoms with Crippen molar-refractivity contribution in [2.45, 2.75) is 19.0 Å². The summed E-state index contributed by atoms with van der Waals surface area (Å²) in [5, 5.41) is 7.51. The van der Waals surface area contributed by atoms with Crippen molar-refractivity contribution >= 4 is 0 Å². The number of hydrogen-bond donors (Lipinski definition) is 1. The summed E-state index contributed by atoms with van der Waals surface area (Å²) in [5.41, 5.74) is 3.52. The molecule has 1 aliphatic rings. The Morgan fingerprint density at radius 1 is 1.29 bits per heavy atom. The number of rotatable bonds is 2. The zero-order valence-electron chi connectivity index (χ0n) is 11.7. The molecule has 3 aromatic rings. The van der Waals surface area contributed by atoms with Crippen LogP contribution in [-0.4, -0.2) is 19.7 Å². The van der Waals surface area contributed by atoms with Gasteiger partial charge in [0.2, 0.25) is 11.7 Å². The summed E-state index contributed by atoms with van der Waals surface area (Å²) in [6, 6.07) is 8.49. The Labute approximate surface area is 121 Å². The lowest BCUT2D eigenvalue weighted by Gasteiger charge is -2.23. The molecule has 2 aromatic heterocycles. The molecular weight excluding hydrogens is 266 g/mol. The van der Waals surface area contributed by atoms with Gasteiger partial charge < -0.3 is 14.4 Å². The molecule has 1 N–H and O–H groups in total. The Morgan fingerprint density at radius 2 is 2.14 bits per heavy atom. The van der Waals surface area contributed by atoms with Gasteiger partial charge in [-0.2, -0.15) is 4.98 Å². The average Bonchev–Trinajstić information content (AvgIpc) is 3.15. The normalized spacial score (nSPS) is 17.7. The van der Waals surface area contributed by atoms with Crippen molar-refractivity contribution < 1.29 is 4.52 Å². The van der Waals surface area contributed by atoms with Gasteiger partial charge >= 0.3 is 0 Å². The second-order valence-electron chi connectivity index (χ2n) is 5.25. The summed E-state index contributed by atoms with van der Waals surface area (Å²) in [7, 11) is 1.91. The van der Waals surface area contributed by atoms with Gasteiger partial charge in [-0.25, -0.2) is 4.98 Å². The van der Waals surface area contributed by atoms with Gasteiger partial charge in [0.25, 0.3) is 0 Å². The largest absolute Gasteiger partial charge is 0.337 e. The highest BCUT2D eigenvalue weighted by Gasteiger charge is 2.24. The highest BCUT2D eigenvalue weighted by atomic mass is 16.5. The van der Waals surface area contributed by atoms with Gasteiger partial charge in [0.05, 0.1) is 18.6 Å². The van der Waals surface area contributed by atoms with E-state index in [9.17, 15) is 0 Å². The van der Waals surface area contributed by atoms with Gasteiger partial charge in [0.15, 0.2) is 0 Å². The number of aromatic nitrogens is 4. The van der Waals surface area contributed by atoms with Crippen LogP contribution in [-0.2, 0) is 20.0 Å². The molecule has 0 bridgehead atoms. The van der Waals surface area contributed by atoms with Crippen LogP contribution in [0.5, 0.6) is 0 Å². The molecule has 3 heterocycles. The minimum atomic E-state index is 0.0642. The third-order valence-corrected chi connectivity index (χ3v) is 3.87. The topological polar surface area (TPSA) is 68.8 Å². The molecule has 6 heteroatoms. The predicted octanol–water partition coefficient (Wildman–Crippen LogP) is 1.86. The Hall–Kier alpha value is -2.47. The highest BCUT2D eigenvalue weighted by Crippen LogP contribution is 2.26. The second kappa shape index (κ2) is 4.82. The third kappa shape index (κ3) is 2.13. The molecule has 1 aromatic carbocycles. The minimum absolute atomic E-state index is 0.0642. The molecule has 106 valence electrons. The van der Waals surface area contributed by atoms with Crippen LogP contribution in [0.3, 0.4) is 0 Å². The standard InChI is InChI=1S/C15H15N5O/c1-20-9-16-8-13(20)14-18-15(21-19-14)12-6-10-4-2-3-5-11(10)7-17-12/h2-5,8-9,12,17H,6-7H2,1H3/t12-/m1/s1. The lowest BCUT2D eigenvalue weighted by Crippen LogP contribution is -2.28. The van der Waals surface area contributed by atoms with E-state index in [1.54, 1.807) is 12.5 Å². The first-order valence-corrected chi connectivity index (χ1v) is 6.92. The van der Waals surface area contributed by atoms with Crippen LogP contribution in [0.25, 0.3) is 11.5 Å². The first kappa shape index (κ1) is 12.3. The fraction of sp³-hybridized carbons (Fsp3) is 0.267. The Kier molecular flexibility index (Phi) is 2.82. The maximum atomic E-state index is 5.43. The molecule has 21 heavy (non-hydrogen) atoms. The minimum Gasteiger partial charge on any atom is -0.337 e. The molecule has 0 amide bonds. The van der Waals surface area contributed by atoms with Crippen molar-refractivity contribution in [1.29, 1.82) is 0 Å². The van der Waals surface area contributed by atoms with Gasteiger partial charge in [-0.3, -0.25) is 0 Å². The van der Waals surface area contributed by atoms with E-state index >= 15 is 0 Å². The smallest absolute Gasteiger partial charge is 0.244 e. The van der Waals surface area contributed by atoms with E-state index in [0.717, 1.165) is 18.7 Å². The summed E-state index contributed by atoms with van der Waals surface area (Å²) in [6.45, 7) is 0.824. The van der Waals surface area contributed by atoms with Crippen LogP contribution in [0, 0.1) is 0 Å². The molecule has 0 unspecified atom stereocenters. The fourth-order valence-electron chi connectivity index (χ4n) is 2.68. The lowest BCUT2D eigenvalue weighted by molar-refractivity contribution is 0.321. The molecule has 0 fully saturated rings. The molecule has 0 saturated carbocycles. The number of imidazole rings is 1. The van der Waals surface area contributed by atoms with Crippen LogP contribution in [0.4, 0.5) is 0 Å². The number of nitrogens with zero attached hydrogens (tertiary/aromatic N) is 4. The predicted molar refractivity (Wildman–Crippen MR) is 76.2 cm³/mol. The number of benzene rings is 1. The van der Waals surface area contributed by atoms with Crippen LogP contribution >= 0.6 is 0 Å². The van der Waals surface area contributed by atoms with Crippen molar-refractivity contribution in [3.63, 3.8) is 0 Å². The van der Waals surface area contributed by atoms with Crippen molar-refractivity contribution in [1.82, 2.24) is 25.0 Å². The first-order valence-electron chi connectivity index (χ1n) is 6.92. The molecule has 0 spiro atoms. The molecule has 0 radical (unpaired) electrons. The zero-order chi connectivity index (χ0) is 14.2. The SMILES string of the molecule is Cn1cncc1-c1noc([C@H]2Cc3ccccc3CN2)n1. The molecule has 1 atom stereocenters. The van der Waals surface area contributed by atoms with E-state index in [4.69, 9.17) is 4.52 Å². The van der Waals surface area contributed by atoms with Gasteiger partial charge in [-0.05, 0) is 17.5 Å². The molecule has 0 saturated heterocycles. The van der Waals surface area contributed by atoms with Gasteiger partial charge in [0.1, 0.15) is 5.69 Å². The lowest BCUT2D eigenvalue weighted by atomic mass is 9.96. The summed E-state index contributed by atoms with van der Waals surface area (Å²) in [6.07, 6.45) is 4.32. The van der Waals surface area contributed by atoms with E-state index < -0.39 is 0 Å². The highest BCUT2D eigenvalue weighted by molar-refractivity contribution is 5.47. The second-order valence-corrected chi connectivity index (χ2v) is 5.25. The summed E-state index contributed by atoms with van der Waals surface area (Å²) in [4.78, 5) is 8.58. The van der Waals surface area contributed by atoms with Crippen molar-refractivity contribution in [3.8, 4) is 11.5 Å². The Balaban J connectivity index is 1.61. The van der Waals surface area contributed by atoms with Crippen LogP contribution < -0.4 is 5.32 Å². The monoisotopic (exact) mass is 281 g/mol. The molecular formula is C15H15N5O. The van der Waals surface area contributed by atoms with Crippen molar-refractivity contribution in [3.05, 3.63) is 53.8 Å². The number of hydrogen-bond acceptors (Lipinski definition) is 5. The maximum absolute atomic E-state index is 5.43. The summed E-state index contributed by atoms with van der Waals surface area (Å²) in [5.74, 6) is 1.20. The van der Waals surface area contributed by atoms with E-state index in [-0.39, 0.29) is 6.04 Å². The van der Waals surface area contributed by atoms with E-state index in [0.29, 0.717) is 11.7 Å². The maximum Gasteiger partial charge on any atom is 0.244 e. The first-order chi connectivity index (χ1) is 10.3. The van der Waals surface area contributed by atoms with Crippen molar-refractivity contribution in [2.24, 2.45) is 7.05 Å². The molecule has 4 rings (SSSR count). The number of nitrogens with one attached hydrogen (secondary N) is 1. The van der Waals surface area contributed by atoms with E-state index in [1.165, 1.54) is 11.1 Å². The molecule has 6 nitrogen and oxygen atoms in total. The number of aryl methyl sites for hydroxylation is 1. The summed E-state index contributed by atoms with van der Waals surface area (Å²) < 4.78 is 7.31. The third-order valence-electron chi connectivity index (χ3n) is 3.87. The quantitative estimate of drug-likeness (QED) is 0.776. The average molecular weight is 281 g/mol. The molecule has 1 aliphatic heterocycles. The van der Waals surface area contributed by atoms with Crippen LogP contribution in [0.2, 0.25) is 0 Å².